The smallest absolute Gasteiger partial charge is 0.200 e. The van der Waals surface area contributed by atoms with Crippen LogP contribution in [-0.4, -0.2) is 6.61 Å². The van der Waals surface area contributed by atoms with Gasteiger partial charge in [0.05, 0.1) is 6.61 Å². The van der Waals surface area contributed by atoms with E-state index in [9.17, 15) is 8.78 Å². The van der Waals surface area contributed by atoms with E-state index in [1.807, 2.05) is 0 Å². The van der Waals surface area contributed by atoms with Gasteiger partial charge in [0.2, 0.25) is 5.82 Å². The molecule has 1 nitrogen and oxygen atoms in total. The zero-order valence-electron chi connectivity index (χ0n) is 14.4. The Hall–Kier alpha value is -1.38. The Bertz CT molecular complexity index is 541. The van der Waals surface area contributed by atoms with Crippen molar-refractivity contribution in [3.8, 4) is 5.75 Å². The molecular formula is C21H28F2O. The van der Waals surface area contributed by atoms with Gasteiger partial charge in [-0.3, -0.25) is 0 Å². The van der Waals surface area contributed by atoms with Crippen LogP contribution in [0, 0.1) is 35.3 Å². The summed E-state index contributed by atoms with van der Waals surface area (Å²) >= 11 is 0. The van der Waals surface area contributed by atoms with Crippen LogP contribution in [0.2, 0.25) is 0 Å². The first-order chi connectivity index (χ1) is 11.7. The lowest BCUT2D eigenvalue weighted by atomic mass is 9.69. The van der Waals surface area contributed by atoms with E-state index in [1.165, 1.54) is 50.7 Å². The molecule has 0 aromatic heterocycles. The zero-order valence-corrected chi connectivity index (χ0v) is 14.4. The van der Waals surface area contributed by atoms with Crippen molar-refractivity contribution < 1.29 is 13.5 Å². The number of allylic oxidation sites excluding steroid dienone is 1. The fourth-order valence-electron chi connectivity index (χ4n) is 4.48. The van der Waals surface area contributed by atoms with Gasteiger partial charge in [0.25, 0.3) is 0 Å². The molecule has 0 heterocycles. The Balaban J connectivity index is 1.42. The van der Waals surface area contributed by atoms with Crippen molar-refractivity contribution in [1.82, 2.24) is 0 Å². The summed E-state index contributed by atoms with van der Waals surface area (Å²) < 4.78 is 32.3. The highest BCUT2D eigenvalue weighted by Gasteiger charge is 2.30. The minimum absolute atomic E-state index is 0.0415. The highest BCUT2D eigenvalue weighted by Crippen LogP contribution is 2.41. The van der Waals surface area contributed by atoms with E-state index in [0.717, 1.165) is 36.7 Å². The van der Waals surface area contributed by atoms with Crippen molar-refractivity contribution in [3.05, 3.63) is 42.5 Å². The summed E-state index contributed by atoms with van der Waals surface area (Å²) in [6.45, 7) is 4.42. The highest BCUT2D eigenvalue weighted by molar-refractivity contribution is 5.25. The van der Waals surface area contributed by atoms with E-state index < -0.39 is 11.6 Å². The van der Waals surface area contributed by atoms with Gasteiger partial charge in [0.15, 0.2) is 11.6 Å². The molecule has 0 bridgehead atoms. The summed E-state index contributed by atoms with van der Waals surface area (Å²) in [5.74, 6) is 1.25. The number of rotatable bonds is 5. The third-order valence-corrected chi connectivity index (χ3v) is 6.10. The van der Waals surface area contributed by atoms with Crippen molar-refractivity contribution in [2.45, 2.75) is 51.4 Å². The Labute approximate surface area is 144 Å². The summed E-state index contributed by atoms with van der Waals surface area (Å²) in [6.07, 6.45) is 12.2. The van der Waals surface area contributed by atoms with Crippen molar-refractivity contribution >= 4 is 0 Å². The molecule has 3 rings (SSSR count). The maximum Gasteiger partial charge on any atom is 0.200 e. The van der Waals surface area contributed by atoms with Crippen LogP contribution in [0.5, 0.6) is 5.75 Å². The molecule has 132 valence electrons. The first kappa shape index (κ1) is 17.4. The molecule has 0 radical (unpaired) electrons. The van der Waals surface area contributed by atoms with Crippen molar-refractivity contribution in [1.29, 1.82) is 0 Å². The topological polar surface area (TPSA) is 9.23 Å². The van der Waals surface area contributed by atoms with Crippen molar-refractivity contribution in [2.24, 2.45) is 23.7 Å². The van der Waals surface area contributed by atoms with E-state index in [0.29, 0.717) is 12.5 Å². The molecule has 0 aliphatic heterocycles. The molecule has 0 unspecified atom stereocenters. The minimum atomic E-state index is -0.870. The second-order valence-electron chi connectivity index (χ2n) is 7.55. The average Bonchev–Trinajstić information content (AvgIpc) is 2.63. The second kappa shape index (κ2) is 8.13. The third-order valence-electron chi connectivity index (χ3n) is 6.10. The van der Waals surface area contributed by atoms with Crippen molar-refractivity contribution in [3.63, 3.8) is 0 Å². The number of ether oxygens (including phenoxy) is 1. The lowest BCUT2D eigenvalue weighted by Gasteiger charge is -2.37. The summed E-state index contributed by atoms with van der Waals surface area (Å²) in [7, 11) is 0. The second-order valence-corrected chi connectivity index (χ2v) is 7.55. The van der Waals surface area contributed by atoms with Gasteiger partial charge in [-0.05, 0) is 87.2 Å². The quantitative estimate of drug-likeness (QED) is 0.587. The Morgan fingerprint density at radius 2 is 1.58 bits per heavy atom. The van der Waals surface area contributed by atoms with Crippen LogP contribution in [0.3, 0.4) is 0 Å². The van der Waals surface area contributed by atoms with Crippen LogP contribution in [0.1, 0.15) is 51.4 Å². The van der Waals surface area contributed by atoms with Gasteiger partial charge < -0.3 is 4.74 Å². The Morgan fingerprint density at radius 1 is 0.958 bits per heavy atom. The molecular weight excluding hydrogens is 306 g/mol. The molecule has 0 saturated heterocycles. The Kier molecular flexibility index (Phi) is 5.91. The van der Waals surface area contributed by atoms with Crippen LogP contribution in [0.15, 0.2) is 30.9 Å². The first-order valence-electron chi connectivity index (χ1n) is 9.36. The van der Waals surface area contributed by atoms with E-state index in [2.05, 4.69) is 12.7 Å². The standard InChI is InChI=1S/C21H28F2O/c1-2-15-6-10-17(11-7-15)18-12-8-16(9-13-18)14-24-20-5-3-4-19(22)21(20)23/h2-5,15-18H,1,6-14H2/t15-,16?,17-,18?. The van der Waals surface area contributed by atoms with Gasteiger partial charge in [-0.2, -0.15) is 4.39 Å². The minimum Gasteiger partial charge on any atom is -0.490 e. The molecule has 0 atom stereocenters. The summed E-state index contributed by atoms with van der Waals surface area (Å²) in [4.78, 5) is 0. The van der Waals surface area contributed by atoms with Gasteiger partial charge in [-0.1, -0.05) is 12.1 Å². The highest BCUT2D eigenvalue weighted by atomic mass is 19.2. The molecule has 24 heavy (non-hydrogen) atoms. The van der Waals surface area contributed by atoms with Gasteiger partial charge in [0.1, 0.15) is 0 Å². The van der Waals surface area contributed by atoms with E-state index >= 15 is 0 Å². The van der Waals surface area contributed by atoms with E-state index in [4.69, 9.17) is 4.74 Å². The molecule has 2 fully saturated rings. The molecule has 3 heteroatoms. The molecule has 1 aromatic carbocycles. The zero-order chi connectivity index (χ0) is 16.9. The molecule has 0 amide bonds. The van der Waals surface area contributed by atoms with Crippen LogP contribution in [0.25, 0.3) is 0 Å². The fraction of sp³-hybridized carbons (Fsp3) is 0.619. The van der Waals surface area contributed by atoms with E-state index in [-0.39, 0.29) is 5.75 Å². The largest absolute Gasteiger partial charge is 0.490 e. The number of benzene rings is 1. The lowest BCUT2D eigenvalue weighted by molar-refractivity contribution is 0.127. The van der Waals surface area contributed by atoms with Gasteiger partial charge in [-0.15, -0.1) is 6.58 Å². The summed E-state index contributed by atoms with van der Waals surface area (Å²) in [5.41, 5.74) is 0. The van der Waals surface area contributed by atoms with Gasteiger partial charge in [0, 0.05) is 0 Å². The summed E-state index contributed by atoms with van der Waals surface area (Å²) in [6, 6.07) is 4.11. The SMILES string of the molecule is C=C[C@H]1CC[C@H](C2CCC(COc3cccc(F)c3F)CC2)CC1. The van der Waals surface area contributed by atoms with Crippen molar-refractivity contribution in [2.75, 3.05) is 6.61 Å². The van der Waals surface area contributed by atoms with Crippen LogP contribution in [0.4, 0.5) is 8.78 Å². The first-order valence-corrected chi connectivity index (χ1v) is 9.36. The molecule has 0 spiro atoms. The van der Waals surface area contributed by atoms with E-state index in [1.54, 1.807) is 0 Å². The predicted octanol–water partition coefficient (Wildman–Crippen LogP) is 6.14. The monoisotopic (exact) mass is 334 g/mol. The van der Waals surface area contributed by atoms with Crippen LogP contribution in [-0.2, 0) is 0 Å². The van der Waals surface area contributed by atoms with Crippen LogP contribution < -0.4 is 4.74 Å². The maximum atomic E-state index is 13.6. The normalized spacial score (nSPS) is 30.8. The molecule has 1 aromatic rings. The number of halogens is 2. The predicted molar refractivity (Wildman–Crippen MR) is 92.9 cm³/mol. The molecule has 0 N–H and O–H groups in total. The Morgan fingerprint density at radius 3 is 2.21 bits per heavy atom. The average molecular weight is 334 g/mol. The maximum absolute atomic E-state index is 13.6. The van der Waals surface area contributed by atoms with Gasteiger partial charge in [-0.25, -0.2) is 4.39 Å². The molecule has 2 aliphatic rings. The van der Waals surface area contributed by atoms with Gasteiger partial charge >= 0.3 is 0 Å². The number of hydrogen-bond donors (Lipinski definition) is 0. The lowest BCUT2D eigenvalue weighted by Crippen LogP contribution is -2.27. The number of hydrogen-bond acceptors (Lipinski definition) is 1. The summed E-state index contributed by atoms with van der Waals surface area (Å²) in [5, 5.41) is 0. The fourth-order valence-corrected chi connectivity index (χ4v) is 4.48. The third kappa shape index (κ3) is 4.17. The molecule has 2 aliphatic carbocycles. The molecule has 2 saturated carbocycles. The van der Waals surface area contributed by atoms with Crippen LogP contribution >= 0.6 is 0 Å².